The molecule has 1 aromatic heterocycles. The van der Waals surface area contributed by atoms with E-state index in [0.717, 1.165) is 17.8 Å². The van der Waals surface area contributed by atoms with Gasteiger partial charge in [0.05, 0.1) is 0 Å². The number of nitrogens with zero attached hydrogens (tertiary/aromatic N) is 3. The highest BCUT2D eigenvalue weighted by atomic mass is 35.5. The van der Waals surface area contributed by atoms with E-state index in [1.165, 1.54) is 17.6 Å². The average molecular weight is 381 g/mol. The Kier molecular flexibility index (Phi) is 5.65. The van der Waals surface area contributed by atoms with Crippen LogP contribution in [0, 0.1) is 5.82 Å². The number of urea groups is 1. The lowest BCUT2D eigenvalue weighted by atomic mass is 10.0. The Hall–Kier alpha value is -1.99. The van der Waals surface area contributed by atoms with Crippen LogP contribution in [0.15, 0.2) is 23.8 Å². The summed E-state index contributed by atoms with van der Waals surface area (Å²) >= 11 is 6.96. The summed E-state index contributed by atoms with van der Waals surface area (Å²) in [4.78, 5) is 18.3. The molecule has 8 heteroatoms. The number of anilines is 1. The fourth-order valence-electron chi connectivity index (χ4n) is 2.60. The fourth-order valence-corrected chi connectivity index (χ4v) is 3.40. The van der Waals surface area contributed by atoms with Crippen LogP contribution in [0.3, 0.4) is 0 Å². The first kappa shape index (κ1) is 17.8. The fraction of sp³-hybridized carbons (Fsp3) is 0.353. The molecule has 0 radical (unpaired) electrons. The number of carbonyl (C=O) groups is 1. The van der Waals surface area contributed by atoms with E-state index in [4.69, 9.17) is 11.6 Å². The van der Waals surface area contributed by atoms with Gasteiger partial charge in [0, 0.05) is 41.6 Å². The van der Waals surface area contributed by atoms with Crippen LogP contribution >= 0.6 is 23.1 Å². The molecule has 2 amide bonds. The highest BCUT2D eigenvalue weighted by Gasteiger charge is 2.20. The minimum atomic E-state index is -0.330. The van der Waals surface area contributed by atoms with Gasteiger partial charge >= 0.3 is 6.03 Å². The van der Waals surface area contributed by atoms with Crippen LogP contribution in [0.25, 0.3) is 6.08 Å². The molecule has 0 atom stereocenters. The molecule has 1 saturated heterocycles. The lowest BCUT2D eigenvalue weighted by molar-refractivity contribution is 0.208. The Morgan fingerprint density at radius 1 is 1.44 bits per heavy atom. The Labute approximate surface area is 154 Å². The van der Waals surface area contributed by atoms with Gasteiger partial charge in [-0.1, -0.05) is 36.2 Å². The SMILES string of the molecule is CCc1nsc(NC(=O)N2CCC(=Cc3ccc(Cl)cc3F)CC2)n1. The third-order valence-electron chi connectivity index (χ3n) is 4.01. The lowest BCUT2D eigenvalue weighted by Crippen LogP contribution is -2.39. The van der Waals surface area contributed by atoms with Gasteiger partial charge in [-0.2, -0.15) is 4.37 Å². The summed E-state index contributed by atoms with van der Waals surface area (Å²) in [6.45, 7) is 3.15. The van der Waals surface area contributed by atoms with Crippen LogP contribution in [0.4, 0.5) is 14.3 Å². The number of hydrogen-bond acceptors (Lipinski definition) is 4. The zero-order valence-corrected chi connectivity index (χ0v) is 15.3. The highest BCUT2D eigenvalue weighted by Crippen LogP contribution is 2.23. The number of nitrogens with one attached hydrogen (secondary N) is 1. The molecule has 1 aliphatic rings. The van der Waals surface area contributed by atoms with Crippen molar-refractivity contribution in [1.29, 1.82) is 0 Å². The van der Waals surface area contributed by atoms with Crippen molar-refractivity contribution in [2.75, 3.05) is 18.4 Å². The molecule has 0 unspecified atom stereocenters. The van der Waals surface area contributed by atoms with E-state index in [1.807, 2.05) is 13.0 Å². The topological polar surface area (TPSA) is 58.1 Å². The molecule has 2 aromatic rings. The van der Waals surface area contributed by atoms with E-state index in [2.05, 4.69) is 14.7 Å². The first-order valence-electron chi connectivity index (χ1n) is 8.08. The number of amides is 2. The maximum absolute atomic E-state index is 13.9. The second kappa shape index (κ2) is 7.93. The van der Waals surface area contributed by atoms with E-state index in [9.17, 15) is 9.18 Å². The number of benzene rings is 1. The number of likely N-dealkylation sites (tertiary alicyclic amines) is 1. The second-order valence-electron chi connectivity index (χ2n) is 5.75. The molecule has 0 saturated carbocycles. The van der Waals surface area contributed by atoms with E-state index in [0.29, 0.717) is 41.6 Å². The maximum atomic E-state index is 13.9. The monoisotopic (exact) mass is 380 g/mol. The second-order valence-corrected chi connectivity index (χ2v) is 6.94. The minimum absolute atomic E-state index is 0.171. The van der Waals surface area contributed by atoms with Gasteiger partial charge < -0.3 is 4.90 Å². The first-order valence-corrected chi connectivity index (χ1v) is 9.23. The van der Waals surface area contributed by atoms with Gasteiger partial charge in [0.2, 0.25) is 5.13 Å². The number of piperidine rings is 1. The Morgan fingerprint density at radius 3 is 2.84 bits per heavy atom. The normalized spacial score (nSPS) is 14.5. The van der Waals surface area contributed by atoms with Crippen LogP contribution < -0.4 is 5.32 Å². The van der Waals surface area contributed by atoms with Gasteiger partial charge in [0.25, 0.3) is 0 Å². The van der Waals surface area contributed by atoms with Gasteiger partial charge in [-0.25, -0.2) is 14.2 Å². The molecule has 1 aliphatic heterocycles. The summed E-state index contributed by atoms with van der Waals surface area (Å²) in [5.41, 5.74) is 1.65. The third kappa shape index (κ3) is 4.55. The van der Waals surface area contributed by atoms with E-state index < -0.39 is 0 Å². The largest absolute Gasteiger partial charge is 0.324 e. The highest BCUT2D eigenvalue weighted by molar-refractivity contribution is 7.09. The predicted molar refractivity (Wildman–Crippen MR) is 98.5 cm³/mol. The van der Waals surface area contributed by atoms with Gasteiger partial charge in [-0.15, -0.1) is 0 Å². The summed E-state index contributed by atoms with van der Waals surface area (Å²) in [6, 6.07) is 4.48. The molecule has 0 aliphatic carbocycles. The van der Waals surface area contributed by atoms with Gasteiger partial charge in [0.15, 0.2) is 0 Å². The van der Waals surface area contributed by atoms with Crippen molar-refractivity contribution in [2.45, 2.75) is 26.2 Å². The van der Waals surface area contributed by atoms with E-state index >= 15 is 0 Å². The number of rotatable bonds is 3. The molecule has 132 valence electrons. The molecule has 2 heterocycles. The molecular weight excluding hydrogens is 363 g/mol. The molecule has 1 aromatic carbocycles. The smallest absolute Gasteiger partial charge is 0.323 e. The average Bonchev–Trinajstić information content (AvgIpc) is 3.05. The molecule has 25 heavy (non-hydrogen) atoms. The third-order valence-corrected chi connectivity index (χ3v) is 4.92. The van der Waals surface area contributed by atoms with Gasteiger partial charge in [-0.05, 0) is 25.0 Å². The summed E-state index contributed by atoms with van der Waals surface area (Å²) in [6.07, 6.45) is 4.02. The van der Waals surface area contributed by atoms with Crippen LogP contribution in [0.1, 0.15) is 31.2 Å². The van der Waals surface area contributed by atoms with Crippen LogP contribution in [0.2, 0.25) is 5.02 Å². The van der Waals surface area contributed by atoms with Gasteiger partial charge in [-0.3, -0.25) is 5.32 Å². The first-order chi connectivity index (χ1) is 12.0. The van der Waals surface area contributed by atoms with E-state index in [1.54, 1.807) is 17.0 Å². The standard InChI is InChI=1S/C17H18ClFN4OS/c1-2-15-20-16(25-22-15)21-17(24)23-7-5-11(6-8-23)9-12-3-4-13(18)10-14(12)19/h3-4,9-10H,2,5-8H2,1H3,(H,20,21,22,24). The molecule has 1 fully saturated rings. The molecule has 5 nitrogen and oxygen atoms in total. The van der Waals surface area contributed by atoms with Crippen molar-refractivity contribution in [3.63, 3.8) is 0 Å². The molecular formula is C17H18ClFN4OS. The number of aryl methyl sites for hydroxylation is 1. The minimum Gasteiger partial charge on any atom is -0.324 e. The quantitative estimate of drug-likeness (QED) is 0.846. The zero-order chi connectivity index (χ0) is 17.8. The Balaban J connectivity index is 1.57. The van der Waals surface area contributed by atoms with Crippen LogP contribution in [0.5, 0.6) is 0 Å². The summed E-state index contributed by atoms with van der Waals surface area (Å²) in [7, 11) is 0. The number of aromatic nitrogens is 2. The molecule has 1 N–H and O–H groups in total. The molecule has 0 spiro atoms. The van der Waals surface area contributed by atoms with Crippen LogP contribution in [-0.4, -0.2) is 33.4 Å². The van der Waals surface area contributed by atoms with Gasteiger partial charge in [0.1, 0.15) is 11.6 Å². The number of halogens is 2. The summed E-state index contributed by atoms with van der Waals surface area (Å²) < 4.78 is 18.0. The molecule has 0 bridgehead atoms. The molecule has 3 rings (SSSR count). The Bertz CT molecular complexity index is 798. The maximum Gasteiger partial charge on any atom is 0.323 e. The zero-order valence-electron chi connectivity index (χ0n) is 13.8. The predicted octanol–water partition coefficient (Wildman–Crippen LogP) is 4.60. The van der Waals surface area contributed by atoms with Crippen molar-refractivity contribution in [3.8, 4) is 0 Å². The lowest BCUT2D eigenvalue weighted by Gasteiger charge is -2.28. The van der Waals surface area contributed by atoms with Crippen molar-refractivity contribution < 1.29 is 9.18 Å². The summed E-state index contributed by atoms with van der Waals surface area (Å²) in [5.74, 6) is 0.400. The van der Waals surface area contributed by atoms with Crippen molar-refractivity contribution in [1.82, 2.24) is 14.3 Å². The van der Waals surface area contributed by atoms with E-state index in [-0.39, 0.29) is 11.8 Å². The van der Waals surface area contributed by atoms with Crippen LogP contribution in [-0.2, 0) is 6.42 Å². The van der Waals surface area contributed by atoms with Crippen molar-refractivity contribution in [2.24, 2.45) is 0 Å². The Morgan fingerprint density at radius 2 is 2.20 bits per heavy atom. The van der Waals surface area contributed by atoms with Crippen molar-refractivity contribution in [3.05, 3.63) is 46.0 Å². The number of hydrogen-bond donors (Lipinski definition) is 1. The number of carbonyl (C=O) groups excluding carboxylic acids is 1. The van der Waals surface area contributed by atoms with Crippen molar-refractivity contribution >= 4 is 40.4 Å². The summed E-state index contributed by atoms with van der Waals surface area (Å²) in [5, 5.41) is 3.69.